The molecule has 21 heavy (non-hydrogen) atoms. The van der Waals surface area contributed by atoms with E-state index in [9.17, 15) is 13.2 Å². The monoisotopic (exact) mass is 330 g/mol. The van der Waals surface area contributed by atoms with Crippen molar-refractivity contribution < 1.29 is 18.3 Å². The lowest BCUT2D eigenvalue weighted by atomic mass is 10.2. The number of carboxylic acids is 1. The summed E-state index contributed by atoms with van der Waals surface area (Å²) < 4.78 is 24.4. The number of aliphatic carboxylic acids is 1. The number of hydrogen-bond acceptors (Lipinski definition) is 5. The van der Waals surface area contributed by atoms with Crippen molar-refractivity contribution in [2.75, 3.05) is 32.4 Å². The van der Waals surface area contributed by atoms with Crippen LogP contribution in [0.15, 0.2) is 17.5 Å². The minimum Gasteiger partial charge on any atom is -0.478 e. The van der Waals surface area contributed by atoms with Gasteiger partial charge in [-0.15, -0.1) is 11.3 Å². The van der Waals surface area contributed by atoms with E-state index in [0.29, 0.717) is 26.2 Å². The first kappa shape index (κ1) is 16.2. The van der Waals surface area contributed by atoms with Crippen molar-refractivity contribution in [3.63, 3.8) is 0 Å². The third-order valence-electron chi connectivity index (χ3n) is 3.27. The second kappa shape index (κ2) is 6.69. The van der Waals surface area contributed by atoms with Gasteiger partial charge in [0.1, 0.15) is 0 Å². The van der Waals surface area contributed by atoms with Crippen molar-refractivity contribution in [1.82, 2.24) is 9.21 Å². The topological polar surface area (TPSA) is 77.9 Å². The highest BCUT2D eigenvalue weighted by Crippen LogP contribution is 2.19. The highest BCUT2D eigenvalue weighted by molar-refractivity contribution is 7.88. The van der Waals surface area contributed by atoms with E-state index in [-0.39, 0.29) is 0 Å². The van der Waals surface area contributed by atoms with Crippen molar-refractivity contribution in [1.29, 1.82) is 0 Å². The number of hydrogen-bond donors (Lipinski definition) is 1. The number of carboxylic acid groups (broad SMARTS) is 1. The van der Waals surface area contributed by atoms with E-state index in [0.717, 1.165) is 23.1 Å². The van der Waals surface area contributed by atoms with Gasteiger partial charge in [0.25, 0.3) is 0 Å². The summed E-state index contributed by atoms with van der Waals surface area (Å²) in [5.74, 6) is -0.959. The van der Waals surface area contributed by atoms with Gasteiger partial charge in [-0.2, -0.15) is 4.31 Å². The summed E-state index contributed by atoms with van der Waals surface area (Å²) in [6.45, 7) is 3.24. The Labute approximate surface area is 128 Å². The van der Waals surface area contributed by atoms with Crippen molar-refractivity contribution in [3.8, 4) is 0 Å². The summed E-state index contributed by atoms with van der Waals surface area (Å²) >= 11 is 1.58. The zero-order chi connectivity index (χ0) is 15.5. The summed E-state index contributed by atoms with van der Waals surface area (Å²) in [7, 11) is -3.09. The van der Waals surface area contributed by atoms with Crippen LogP contribution in [0.5, 0.6) is 0 Å². The fourth-order valence-corrected chi connectivity index (χ4v) is 3.90. The summed E-state index contributed by atoms with van der Waals surface area (Å²) in [6.07, 6.45) is 3.93. The number of nitrogens with zero attached hydrogens (tertiary/aromatic N) is 2. The fourth-order valence-electron chi connectivity index (χ4n) is 2.18. The average molecular weight is 330 g/mol. The first-order valence-electron chi connectivity index (χ1n) is 6.50. The van der Waals surface area contributed by atoms with Crippen molar-refractivity contribution >= 4 is 33.4 Å². The van der Waals surface area contributed by atoms with Crippen LogP contribution < -0.4 is 0 Å². The normalized spacial score (nSPS) is 18.3. The number of sulfonamides is 1. The molecule has 1 saturated heterocycles. The quantitative estimate of drug-likeness (QED) is 0.813. The number of piperazine rings is 1. The van der Waals surface area contributed by atoms with Crippen LogP contribution in [-0.2, 0) is 21.4 Å². The van der Waals surface area contributed by atoms with Gasteiger partial charge in [0.2, 0.25) is 10.0 Å². The smallest absolute Gasteiger partial charge is 0.328 e. The molecule has 0 amide bonds. The molecular weight excluding hydrogens is 312 g/mol. The summed E-state index contributed by atoms with van der Waals surface area (Å²) in [6, 6.07) is 1.97. The van der Waals surface area contributed by atoms with Crippen LogP contribution in [0.1, 0.15) is 10.4 Å². The Hall–Kier alpha value is -1.22. The Balaban J connectivity index is 1.88. The molecule has 0 atom stereocenters. The molecule has 0 radical (unpaired) electrons. The highest BCUT2D eigenvalue weighted by Gasteiger charge is 2.23. The third kappa shape index (κ3) is 4.92. The zero-order valence-corrected chi connectivity index (χ0v) is 13.4. The van der Waals surface area contributed by atoms with Crippen molar-refractivity contribution in [2.24, 2.45) is 0 Å². The standard InChI is InChI=1S/C13H18N2O4S2/c1-21(18,19)15-6-4-14(5-7-15)9-12-8-11(10-20-12)2-3-13(16)17/h2-3,8,10H,4-7,9H2,1H3,(H,16,17). The zero-order valence-electron chi connectivity index (χ0n) is 11.7. The molecule has 1 aromatic heterocycles. The second-order valence-corrected chi connectivity index (χ2v) is 7.93. The second-order valence-electron chi connectivity index (χ2n) is 4.96. The van der Waals surface area contributed by atoms with Crippen LogP contribution >= 0.6 is 11.3 Å². The minimum atomic E-state index is -3.09. The highest BCUT2D eigenvalue weighted by atomic mass is 32.2. The number of carbonyl (C=O) groups is 1. The van der Waals surface area contributed by atoms with Gasteiger partial charge in [-0.25, -0.2) is 13.2 Å². The third-order valence-corrected chi connectivity index (χ3v) is 5.52. The first-order chi connectivity index (χ1) is 9.84. The molecule has 8 heteroatoms. The molecule has 6 nitrogen and oxygen atoms in total. The van der Waals surface area contributed by atoms with Crippen molar-refractivity contribution in [3.05, 3.63) is 28.0 Å². The average Bonchev–Trinajstić information content (AvgIpc) is 2.83. The molecule has 2 heterocycles. The lowest BCUT2D eigenvalue weighted by Gasteiger charge is -2.32. The largest absolute Gasteiger partial charge is 0.478 e. The summed E-state index contributed by atoms with van der Waals surface area (Å²) in [5, 5.41) is 10.5. The summed E-state index contributed by atoms with van der Waals surface area (Å²) in [4.78, 5) is 13.8. The van der Waals surface area contributed by atoms with Crippen LogP contribution in [0.2, 0.25) is 0 Å². The van der Waals surface area contributed by atoms with E-state index < -0.39 is 16.0 Å². The Morgan fingerprint density at radius 2 is 2.05 bits per heavy atom. The van der Waals surface area contributed by atoms with Gasteiger partial charge in [0, 0.05) is 43.7 Å². The van der Waals surface area contributed by atoms with Crippen LogP contribution in [-0.4, -0.2) is 61.1 Å². The van der Waals surface area contributed by atoms with E-state index >= 15 is 0 Å². The molecule has 1 aliphatic heterocycles. The Morgan fingerprint density at radius 3 is 2.62 bits per heavy atom. The van der Waals surface area contributed by atoms with E-state index in [1.54, 1.807) is 17.4 Å². The van der Waals surface area contributed by atoms with Gasteiger partial charge < -0.3 is 5.11 Å². The van der Waals surface area contributed by atoms with Crippen LogP contribution in [0.25, 0.3) is 6.08 Å². The Morgan fingerprint density at radius 1 is 1.38 bits per heavy atom. The van der Waals surface area contributed by atoms with E-state index in [2.05, 4.69) is 4.90 Å². The maximum Gasteiger partial charge on any atom is 0.328 e. The molecule has 0 saturated carbocycles. The predicted molar refractivity (Wildman–Crippen MR) is 82.7 cm³/mol. The molecule has 1 aliphatic rings. The van der Waals surface area contributed by atoms with E-state index in [1.165, 1.54) is 10.6 Å². The number of thiophene rings is 1. The maximum absolute atomic E-state index is 11.4. The van der Waals surface area contributed by atoms with Crippen molar-refractivity contribution in [2.45, 2.75) is 6.54 Å². The van der Waals surface area contributed by atoms with Gasteiger partial charge in [-0.05, 0) is 23.1 Å². The van der Waals surface area contributed by atoms with Crippen LogP contribution in [0.4, 0.5) is 0 Å². The fraction of sp³-hybridized carbons (Fsp3) is 0.462. The molecular formula is C13H18N2O4S2. The molecule has 2 rings (SSSR count). The number of rotatable bonds is 5. The molecule has 0 bridgehead atoms. The van der Waals surface area contributed by atoms with Gasteiger partial charge in [-0.3, -0.25) is 4.90 Å². The Kier molecular flexibility index (Phi) is 5.15. The van der Waals surface area contributed by atoms with Gasteiger partial charge in [0.15, 0.2) is 0 Å². The van der Waals surface area contributed by atoms with Gasteiger partial charge in [0.05, 0.1) is 6.26 Å². The van der Waals surface area contributed by atoms with Crippen LogP contribution in [0.3, 0.4) is 0 Å². The lowest BCUT2D eigenvalue weighted by Crippen LogP contribution is -2.47. The maximum atomic E-state index is 11.4. The molecule has 0 aromatic carbocycles. The minimum absolute atomic E-state index is 0.524. The molecule has 116 valence electrons. The first-order valence-corrected chi connectivity index (χ1v) is 9.23. The van der Waals surface area contributed by atoms with Gasteiger partial charge in [-0.1, -0.05) is 0 Å². The van der Waals surface area contributed by atoms with E-state index in [4.69, 9.17) is 5.11 Å². The molecule has 0 spiro atoms. The van der Waals surface area contributed by atoms with Gasteiger partial charge >= 0.3 is 5.97 Å². The summed E-state index contributed by atoms with van der Waals surface area (Å²) in [5.41, 5.74) is 0.882. The Bertz CT molecular complexity index is 628. The van der Waals surface area contributed by atoms with E-state index in [1.807, 2.05) is 11.4 Å². The molecule has 1 fully saturated rings. The molecule has 0 aliphatic carbocycles. The molecule has 1 aromatic rings. The molecule has 0 unspecified atom stereocenters. The van der Waals surface area contributed by atoms with Crippen LogP contribution in [0, 0.1) is 0 Å². The SMILES string of the molecule is CS(=O)(=O)N1CCN(Cc2cc(C=CC(=O)O)cs2)CC1. The predicted octanol–water partition coefficient (Wildman–Crippen LogP) is 0.923. The lowest BCUT2D eigenvalue weighted by molar-refractivity contribution is -0.131. The molecule has 1 N–H and O–H groups in total.